The molecule has 2 nitrogen and oxygen atoms in total. The van der Waals surface area contributed by atoms with Crippen LogP contribution in [0.4, 0.5) is 8.78 Å². The van der Waals surface area contributed by atoms with E-state index in [-0.39, 0.29) is 6.04 Å². The second-order valence-corrected chi connectivity index (χ2v) is 4.82. The number of para-hydroxylation sites is 1. The molecule has 0 amide bonds. The third kappa shape index (κ3) is 2.16. The SMILES string of the molecule is CNC(c1ccc(F)cc1F)c1cccc2c1OCC2. The number of hydrogen-bond donors (Lipinski definition) is 1. The van der Waals surface area contributed by atoms with Crippen LogP contribution in [0, 0.1) is 11.6 Å². The van der Waals surface area contributed by atoms with Crippen LogP contribution < -0.4 is 10.1 Å². The van der Waals surface area contributed by atoms with Gasteiger partial charge in [0.15, 0.2) is 0 Å². The Balaban J connectivity index is 2.09. The zero-order chi connectivity index (χ0) is 14.1. The summed E-state index contributed by atoms with van der Waals surface area (Å²) in [4.78, 5) is 0. The minimum atomic E-state index is -0.573. The highest BCUT2D eigenvalue weighted by molar-refractivity contribution is 5.48. The van der Waals surface area contributed by atoms with Crippen LogP contribution in [0.1, 0.15) is 22.7 Å². The zero-order valence-corrected chi connectivity index (χ0v) is 11.1. The Hall–Kier alpha value is -1.94. The van der Waals surface area contributed by atoms with Crippen molar-refractivity contribution in [2.75, 3.05) is 13.7 Å². The molecule has 0 aromatic heterocycles. The molecule has 2 aromatic carbocycles. The van der Waals surface area contributed by atoms with E-state index in [9.17, 15) is 8.78 Å². The molecule has 0 saturated heterocycles. The number of ether oxygens (including phenoxy) is 1. The smallest absolute Gasteiger partial charge is 0.131 e. The number of benzene rings is 2. The molecule has 0 radical (unpaired) electrons. The first-order chi connectivity index (χ1) is 9.70. The molecular formula is C16H15F2NO. The maximum atomic E-state index is 14.0. The molecule has 1 unspecified atom stereocenters. The van der Waals surface area contributed by atoms with Crippen molar-refractivity contribution >= 4 is 0 Å². The van der Waals surface area contributed by atoms with Gasteiger partial charge in [0, 0.05) is 23.6 Å². The van der Waals surface area contributed by atoms with Crippen LogP contribution in [0.3, 0.4) is 0 Å². The van der Waals surface area contributed by atoms with E-state index in [1.807, 2.05) is 18.2 Å². The van der Waals surface area contributed by atoms with Crippen molar-refractivity contribution in [2.45, 2.75) is 12.5 Å². The van der Waals surface area contributed by atoms with E-state index >= 15 is 0 Å². The fraction of sp³-hybridized carbons (Fsp3) is 0.250. The molecule has 0 bridgehead atoms. The number of halogens is 2. The molecule has 1 atom stereocenters. The highest BCUT2D eigenvalue weighted by Gasteiger charge is 2.24. The van der Waals surface area contributed by atoms with Crippen molar-refractivity contribution < 1.29 is 13.5 Å². The van der Waals surface area contributed by atoms with Gasteiger partial charge in [-0.15, -0.1) is 0 Å². The zero-order valence-electron chi connectivity index (χ0n) is 11.1. The van der Waals surface area contributed by atoms with Crippen LogP contribution in [0.5, 0.6) is 5.75 Å². The van der Waals surface area contributed by atoms with Crippen molar-refractivity contribution in [3.05, 3.63) is 64.7 Å². The molecule has 1 aliphatic rings. The van der Waals surface area contributed by atoms with Gasteiger partial charge >= 0.3 is 0 Å². The van der Waals surface area contributed by atoms with Crippen LogP contribution in [-0.4, -0.2) is 13.7 Å². The van der Waals surface area contributed by atoms with Crippen LogP contribution in [0.25, 0.3) is 0 Å². The third-order valence-electron chi connectivity index (χ3n) is 3.62. The van der Waals surface area contributed by atoms with Gasteiger partial charge in [0.25, 0.3) is 0 Å². The first kappa shape index (κ1) is 13.1. The van der Waals surface area contributed by atoms with Crippen LogP contribution >= 0.6 is 0 Å². The molecule has 4 heteroatoms. The molecule has 1 N–H and O–H groups in total. The lowest BCUT2D eigenvalue weighted by atomic mass is 9.95. The summed E-state index contributed by atoms with van der Waals surface area (Å²) >= 11 is 0. The van der Waals surface area contributed by atoms with E-state index in [2.05, 4.69) is 5.32 Å². The van der Waals surface area contributed by atoms with Crippen molar-refractivity contribution in [3.8, 4) is 5.75 Å². The van der Waals surface area contributed by atoms with Gasteiger partial charge in [0.05, 0.1) is 12.6 Å². The lowest BCUT2D eigenvalue weighted by Crippen LogP contribution is -2.19. The lowest BCUT2D eigenvalue weighted by molar-refractivity contribution is 0.350. The molecule has 0 fully saturated rings. The number of fused-ring (bicyclic) bond motifs is 1. The largest absolute Gasteiger partial charge is 0.493 e. The lowest BCUT2D eigenvalue weighted by Gasteiger charge is -2.20. The van der Waals surface area contributed by atoms with Crippen LogP contribution in [-0.2, 0) is 6.42 Å². The van der Waals surface area contributed by atoms with Gasteiger partial charge in [-0.05, 0) is 18.7 Å². The summed E-state index contributed by atoms with van der Waals surface area (Å²) in [7, 11) is 1.75. The summed E-state index contributed by atoms with van der Waals surface area (Å²) in [5.74, 6) is -0.314. The minimum absolute atomic E-state index is 0.358. The number of hydrogen-bond acceptors (Lipinski definition) is 2. The van der Waals surface area contributed by atoms with Gasteiger partial charge in [0.1, 0.15) is 17.4 Å². The third-order valence-corrected chi connectivity index (χ3v) is 3.62. The van der Waals surface area contributed by atoms with E-state index in [4.69, 9.17) is 4.74 Å². The molecule has 1 heterocycles. The molecule has 104 valence electrons. The average Bonchev–Trinajstić information content (AvgIpc) is 2.91. The summed E-state index contributed by atoms with van der Waals surface area (Å²) in [5, 5.41) is 3.08. The van der Waals surface area contributed by atoms with Crippen molar-refractivity contribution in [1.29, 1.82) is 0 Å². The van der Waals surface area contributed by atoms with Crippen LogP contribution in [0.15, 0.2) is 36.4 Å². The molecule has 1 aliphatic heterocycles. The highest BCUT2D eigenvalue weighted by atomic mass is 19.1. The highest BCUT2D eigenvalue weighted by Crippen LogP contribution is 2.36. The summed E-state index contributed by atoms with van der Waals surface area (Å²) in [5.41, 5.74) is 2.43. The van der Waals surface area contributed by atoms with E-state index in [0.717, 1.165) is 29.4 Å². The maximum Gasteiger partial charge on any atom is 0.131 e. The van der Waals surface area contributed by atoms with Gasteiger partial charge in [0.2, 0.25) is 0 Å². The van der Waals surface area contributed by atoms with Gasteiger partial charge in [-0.1, -0.05) is 24.3 Å². The Kier molecular flexibility index (Phi) is 3.40. The standard InChI is InChI=1S/C16H15F2NO/c1-19-15(12-6-5-11(17)9-14(12)18)13-4-2-3-10-7-8-20-16(10)13/h2-6,9,15,19H,7-8H2,1H3. The minimum Gasteiger partial charge on any atom is -0.493 e. The second kappa shape index (κ2) is 5.21. The number of rotatable bonds is 3. The fourth-order valence-corrected chi connectivity index (χ4v) is 2.68. The Morgan fingerprint density at radius 1 is 1.15 bits per heavy atom. The Bertz CT molecular complexity index is 642. The number of nitrogens with one attached hydrogen (secondary N) is 1. The van der Waals surface area contributed by atoms with E-state index in [1.54, 1.807) is 7.05 Å². The molecular weight excluding hydrogens is 260 g/mol. The molecule has 0 saturated carbocycles. The maximum absolute atomic E-state index is 14.0. The summed E-state index contributed by atoms with van der Waals surface area (Å²) in [6.45, 7) is 0.648. The van der Waals surface area contributed by atoms with E-state index in [1.165, 1.54) is 12.1 Å². The first-order valence-corrected chi connectivity index (χ1v) is 6.57. The summed E-state index contributed by atoms with van der Waals surface area (Å²) in [6, 6.07) is 9.16. The van der Waals surface area contributed by atoms with E-state index in [0.29, 0.717) is 12.2 Å². The summed E-state index contributed by atoms with van der Waals surface area (Å²) in [6.07, 6.45) is 0.867. The Morgan fingerprint density at radius 2 is 2.00 bits per heavy atom. The van der Waals surface area contributed by atoms with Crippen molar-refractivity contribution in [2.24, 2.45) is 0 Å². The van der Waals surface area contributed by atoms with E-state index < -0.39 is 11.6 Å². The van der Waals surface area contributed by atoms with Gasteiger partial charge in [-0.3, -0.25) is 0 Å². The fourth-order valence-electron chi connectivity index (χ4n) is 2.68. The average molecular weight is 275 g/mol. The summed E-state index contributed by atoms with van der Waals surface area (Å²) < 4.78 is 32.7. The van der Waals surface area contributed by atoms with Crippen molar-refractivity contribution in [1.82, 2.24) is 5.32 Å². The predicted octanol–water partition coefficient (Wildman–Crippen LogP) is 3.21. The van der Waals surface area contributed by atoms with Crippen LogP contribution in [0.2, 0.25) is 0 Å². The Morgan fingerprint density at radius 3 is 2.75 bits per heavy atom. The van der Waals surface area contributed by atoms with Gasteiger partial charge < -0.3 is 10.1 Å². The monoisotopic (exact) mass is 275 g/mol. The van der Waals surface area contributed by atoms with Gasteiger partial charge in [-0.2, -0.15) is 0 Å². The van der Waals surface area contributed by atoms with Crippen molar-refractivity contribution in [3.63, 3.8) is 0 Å². The molecule has 0 aliphatic carbocycles. The normalized spacial score (nSPS) is 14.8. The predicted molar refractivity (Wildman–Crippen MR) is 72.9 cm³/mol. The topological polar surface area (TPSA) is 21.3 Å². The molecule has 3 rings (SSSR count). The Labute approximate surface area is 116 Å². The first-order valence-electron chi connectivity index (χ1n) is 6.57. The molecule has 20 heavy (non-hydrogen) atoms. The van der Waals surface area contributed by atoms with Gasteiger partial charge in [-0.25, -0.2) is 8.78 Å². The molecule has 2 aromatic rings. The quantitative estimate of drug-likeness (QED) is 0.928. The molecule has 0 spiro atoms. The second-order valence-electron chi connectivity index (χ2n) is 4.82.